The fourth-order valence-electron chi connectivity index (χ4n) is 1.15. The molecule has 1 atom stereocenters. The Bertz CT molecular complexity index is 206. The number of hydrogen-bond acceptors (Lipinski definition) is 5. The highest BCUT2D eigenvalue weighted by Crippen LogP contribution is 2.01. The molecule has 0 amide bonds. The normalized spacial score (nSPS) is 14.4. The standard InChI is InChI=1S/C11H22N2O3/c1-4-13-11(2,9-12)10-16-8-7-15-6-5-14-3/h13H,4-8,10H2,1-3H3. The summed E-state index contributed by atoms with van der Waals surface area (Å²) >= 11 is 0. The summed E-state index contributed by atoms with van der Waals surface area (Å²) in [6, 6.07) is 2.19. The minimum absolute atomic E-state index is 0.366. The van der Waals surface area contributed by atoms with Crippen LogP contribution in [0, 0.1) is 11.3 Å². The lowest BCUT2D eigenvalue weighted by molar-refractivity contribution is 0.0149. The zero-order valence-electron chi connectivity index (χ0n) is 10.4. The third kappa shape index (κ3) is 7.60. The molecule has 0 saturated heterocycles. The van der Waals surface area contributed by atoms with Crippen LogP contribution >= 0.6 is 0 Å². The van der Waals surface area contributed by atoms with Crippen LogP contribution in [0.3, 0.4) is 0 Å². The van der Waals surface area contributed by atoms with Gasteiger partial charge in [-0.05, 0) is 13.5 Å². The van der Waals surface area contributed by atoms with Gasteiger partial charge in [-0.3, -0.25) is 5.32 Å². The Morgan fingerprint density at radius 1 is 1.19 bits per heavy atom. The van der Waals surface area contributed by atoms with Crippen LogP contribution in [0.2, 0.25) is 0 Å². The number of hydrogen-bond donors (Lipinski definition) is 1. The molecular weight excluding hydrogens is 208 g/mol. The van der Waals surface area contributed by atoms with Crippen LogP contribution in [0.1, 0.15) is 13.8 Å². The molecule has 0 aromatic rings. The first-order valence-electron chi connectivity index (χ1n) is 5.49. The van der Waals surface area contributed by atoms with E-state index in [1.807, 2.05) is 13.8 Å². The number of nitriles is 1. The summed E-state index contributed by atoms with van der Waals surface area (Å²) in [5.74, 6) is 0. The maximum Gasteiger partial charge on any atom is 0.127 e. The van der Waals surface area contributed by atoms with Crippen LogP contribution < -0.4 is 5.32 Å². The molecule has 0 saturated carbocycles. The second-order valence-electron chi connectivity index (χ2n) is 3.63. The molecule has 0 rings (SSSR count). The summed E-state index contributed by atoms with van der Waals surface area (Å²) in [6.45, 7) is 7.08. The van der Waals surface area contributed by atoms with Gasteiger partial charge < -0.3 is 14.2 Å². The van der Waals surface area contributed by atoms with Crippen LogP contribution in [0.4, 0.5) is 0 Å². The quantitative estimate of drug-likeness (QED) is 0.555. The van der Waals surface area contributed by atoms with Gasteiger partial charge in [0.2, 0.25) is 0 Å². The minimum Gasteiger partial charge on any atom is -0.382 e. The lowest BCUT2D eigenvalue weighted by Crippen LogP contribution is -2.45. The van der Waals surface area contributed by atoms with Crippen molar-refractivity contribution in [2.45, 2.75) is 19.4 Å². The van der Waals surface area contributed by atoms with E-state index < -0.39 is 5.54 Å². The third-order valence-electron chi connectivity index (χ3n) is 2.01. The van der Waals surface area contributed by atoms with Crippen molar-refractivity contribution in [2.75, 3.05) is 46.7 Å². The summed E-state index contributed by atoms with van der Waals surface area (Å²) in [6.07, 6.45) is 0. The summed E-state index contributed by atoms with van der Waals surface area (Å²) < 4.78 is 15.4. The van der Waals surface area contributed by atoms with Crippen LogP contribution in [-0.2, 0) is 14.2 Å². The van der Waals surface area contributed by atoms with Gasteiger partial charge in [-0.2, -0.15) is 5.26 Å². The predicted octanol–water partition coefficient (Wildman–Crippen LogP) is 0.558. The number of nitrogens with zero attached hydrogens (tertiary/aromatic N) is 1. The Hall–Kier alpha value is -0.670. The van der Waals surface area contributed by atoms with E-state index in [1.165, 1.54) is 0 Å². The molecule has 0 aromatic carbocycles. The second-order valence-corrected chi connectivity index (χ2v) is 3.63. The van der Waals surface area contributed by atoms with Gasteiger partial charge in [-0.1, -0.05) is 6.92 Å². The molecule has 0 aliphatic carbocycles. The third-order valence-corrected chi connectivity index (χ3v) is 2.01. The molecule has 0 aliphatic heterocycles. The van der Waals surface area contributed by atoms with Crippen molar-refractivity contribution in [1.82, 2.24) is 5.32 Å². The number of ether oxygens (including phenoxy) is 3. The van der Waals surface area contributed by atoms with Crippen LogP contribution in [-0.4, -0.2) is 52.2 Å². The van der Waals surface area contributed by atoms with Gasteiger partial charge in [0.05, 0.1) is 39.1 Å². The minimum atomic E-state index is -0.610. The highest BCUT2D eigenvalue weighted by atomic mass is 16.5. The molecule has 0 spiro atoms. The molecule has 0 aromatic heterocycles. The van der Waals surface area contributed by atoms with Crippen molar-refractivity contribution >= 4 is 0 Å². The van der Waals surface area contributed by atoms with Gasteiger partial charge >= 0.3 is 0 Å². The maximum atomic E-state index is 8.95. The Morgan fingerprint density at radius 2 is 1.81 bits per heavy atom. The van der Waals surface area contributed by atoms with Crippen molar-refractivity contribution in [3.05, 3.63) is 0 Å². The Morgan fingerprint density at radius 3 is 2.38 bits per heavy atom. The van der Waals surface area contributed by atoms with Crippen molar-refractivity contribution in [1.29, 1.82) is 5.26 Å². The fraction of sp³-hybridized carbons (Fsp3) is 0.909. The molecule has 0 bridgehead atoms. The summed E-state index contributed by atoms with van der Waals surface area (Å²) in [4.78, 5) is 0. The van der Waals surface area contributed by atoms with Crippen molar-refractivity contribution in [2.24, 2.45) is 0 Å². The SMILES string of the molecule is CCNC(C)(C#N)COCCOCCOC. The molecule has 0 aliphatic rings. The van der Waals surface area contributed by atoms with Gasteiger partial charge in [0.1, 0.15) is 5.54 Å². The van der Waals surface area contributed by atoms with Gasteiger partial charge in [-0.15, -0.1) is 0 Å². The smallest absolute Gasteiger partial charge is 0.127 e. The van der Waals surface area contributed by atoms with Crippen molar-refractivity contribution in [3.8, 4) is 6.07 Å². The summed E-state index contributed by atoms with van der Waals surface area (Å²) in [5, 5.41) is 12.0. The van der Waals surface area contributed by atoms with Crippen LogP contribution in [0.5, 0.6) is 0 Å². The molecule has 0 fully saturated rings. The number of nitrogens with one attached hydrogen (secondary N) is 1. The second kappa shape index (κ2) is 9.55. The monoisotopic (exact) mass is 230 g/mol. The number of rotatable bonds is 10. The highest BCUT2D eigenvalue weighted by molar-refractivity contribution is 5.03. The first-order chi connectivity index (χ1) is 7.68. The maximum absolute atomic E-state index is 8.95. The van der Waals surface area contributed by atoms with Gasteiger partial charge in [0.15, 0.2) is 0 Å². The molecule has 94 valence electrons. The van der Waals surface area contributed by atoms with E-state index in [0.717, 1.165) is 6.54 Å². The molecule has 5 nitrogen and oxygen atoms in total. The van der Waals surface area contributed by atoms with Crippen LogP contribution in [0.15, 0.2) is 0 Å². The van der Waals surface area contributed by atoms with Crippen LogP contribution in [0.25, 0.3) is 0 Å². The molecule has 1 N–H and O–H groups in total. The molecule has 5 heteroatoms. The molecular formula is C11H22N2O3. The zero-order valence-corrected chi connectivity index (χ0v) is 10.4. The predicted molar refractivity (Wildman–Crippen MR) is 61.2 cm³/mol. The average Bonchev–Trinajstić information content (AvgIpc) is 2.28. The fourth-order valence-corrected chi connectivity index (χ4v) is 1.15. The van der Waals surface area contributed by atoms with Gasteiger partial charge in [0.25, 0.3) is 0 Å². The van der Waals surface area contributed by atoms with E-state index in [4.69, 9.17) is 19.5 Å². The van der Waals surface area contributed by atoms with E-state index in [1.54, 1.807) is 7.11 Å². The topological polar surface area (TPSA) is 63.5 Å². The molecule has 0 heterocycles. The first-order valence-corrected chi connectivity index (χ1v) is 5.49. The lowest BCUT2D eigenvalue weighted by atomic mass is 10.1. The van der Waals surface area contributed by atoms with E-state index in [2.05, 4.69) is 11.4 Å². The number of likely N-dealkylation sites (N-methyl/N-ethyl adjacent to an activating group) is 1. The van der Waals surface area contributed by atoms with Gasteiger partial charge in [0, 0.05) is 7.11 Å². The Balaban J connectivity index is 3.46. The zero-order chi connectivity index (χ0) is 12.3. The number of methoxy groups -OCH3 is 1. The molecule has 0 radical (unpaired) electrons. The van der Waals surface area contributed by atoms with Gasteiger partial charge in [-0.25, -0.2) is 0 Å². The largest absolute Gasteiger partial charge is 0.382 e. The first kappa shape index (κ1) is 15.3. The Labute approximate surface area is 97.7 Å². The van der Waals surface area contributed by atoms with Crippen molar-refractivity contribution < 1.29 is 14.2 Å². The summed E-state index contributed by atoms with van der Waals surface area (Å²) in [5.41, 5.74) is -0.610. The summed E-state index contributed by atoms with van der Waals surface area (Å²) in [7, 11) is 1.63. The van der Waals surface area contributed by atoms with E-state index in [9.17, 15) is 0 Å². The average molecular weight is 230 g/mol. The van der Waals surface area contributed by atoms with E-state index in [-0.39, 0.29) is 0 Å². The van der Waals surface area contributed by atoms with E-state index in [0.29, 0.717) is 33.0 Å². The molecule has 1 unspecified atom stereocenters. The Kier molecular flexibility index (Phi) is 9.15. The van der Waals surface area contributed by atoms with Crippen molar-refractivity contribution in [3.63, 3.8) is 0 Å². The van der Waals surface area contributed by atoms with E-state index >= 15 is 0 Å². The highest BCUT2D eigenvalue weighted by Gasteiger charge is 2.22. The molecule has 16 heavy (non-hydrogen) atoms. The lowest BCUT2D eigenvalue weighted by Gasteiger charge is -2.22.